The average Bonchev–Trinajstić information content (AvgIpc) is 2.93. The second kappa shape index (κ2) is 8.67. The zero-order chi connectivity index (χ0) is 19.4. The Kier molecular flexibility index (Phi) is 6.29. The molecule has 0 bridgehead atoms. The number of aliphatic hydroxyl groups excluding tert-OH is 1. The molecule has 2 aromatic rings. The van der Waals surface area contributed by atoms with Crippen LogP contribution < -0.4 is 5.32 Å². The van der Waals surface area contributed by atoms with Gasteiger partial charge in [-0.15, -0.1) is 0 Å². The molecule has 0 spiro atoms. The summed E-state index contributed by atoms with van der Waals surface area (Å²) < 4.78 is 1.84. The molecule has 3 rings (SSSR count). The molecule has 2 heterocycles. The van der Waals surface area contributed by atoms with Crippen LogP contribution in [0.5, 0.6) is 0 Å². The van der Waals surface area contributed by atoms with Gasteiger partial charge in [-0.1, -0.05) is 12.1 Å². The van der Waals surface area contributed by atoms with E-state index in [0.29, 0.717) is 24.6 Å². The SMILES string of the molecule is Cc1nn(C)c(C)c1CN(CCO)C(=O)c1cccc(C2CCCNC2)c1. The standard InChI is InChI=1S/C21H30N4O2/c1-15-20(16(2)24(3)23-15)14-25(10-11-26)21(27)18-7-4-6-17(12-18)19-8-5-9-22-13-19/h4,6-7,12,19,22,26H,5,8-11,13-14H2,1-3H3. The van der Waals surface area contributed by atoms with Crippen molar-refractivity contribution in [2.75, 3.05) is 26.2 Å². The van der Waals surface area contributed by atoms with Crippen LogP contribution in [0.4, 0.5) is 0 Å². The number of aromatic nitrogens is 2. The first-order valence-electron chi connectivity index (χ1n) is 9.71. The molecule has 2 N–H and O–H groups in total. The van der Waals surface area contributed by atoms with E-state index in [1.54, 1.807) is 4.90 Å². The fraction of sp³-hybridized carbons (Fsp3) is 0.524. The Balaban J connectivity index is 1.82. The lowest BCUT2D eigenvalue weighted by Crippen LogP contribution is -2.33. The second-order valence-electron chi connectivity index (χ2n) is 7.39. The molecule has 1 fully saturated rings. The van der Waals surface area contributed by atoms with Crippen LogP contribution >= 0.6 is 0 Å². The first-order valence-corrected chi connectivity index (χ1v) is 9.71. The van der Waals surface area contributed by atoms with Crippen molar-refractivity contribution in [3.63, 3.8) is 0 Å². The van der Waals surface area contributed by atoms with Crippen LogP contribution in [-0.2, 0) is 13.6 Å². The number of benzene rings is 1. The first kappa shape index (κ1) is 19.6. The number of nitrogens with one attached hydrogen (secondary N) is 1. The Labute approximate surface area is 161 Å². The van der Waals surface area contributed by atoms with E-state index in [0.717, 1.165) is 36.5 Å². The molecule has 0 radical (unpaired) electrons. The van der Waals surface area contributed by atoms with Gasteiger partial charge >= 0.3 is 0 Å². The molecule has 1 aliphatic rings. The highest BCUT2D eigenvalue weighted by Crippen LogP contribution is 2.25. The van der Waals surface area contributed by atoms with Gasteiger partial charge < -0.3 is 15.3 Å². The maximum absolute atomic E-state index is 13.2. The summed E-state index contributed by atoms with van der Waals surface area (Å²) in [5.74, 6) is 0.415. The van der Waals surface area contributed by atoms with Gasteiger partial charge in [0.1, 0.15) is 0 Å². The van der Waals surface area contributed by atoms with Gasteiger partial charge in [0.05, 0.1) is 12.3 Å². The monoisotopic (exact) mass is 370 g/mol. The molecular formula is C21H30N4O2. The highest BCUT2D eigenvalue weighted by Gasteiger charge is 2.21. The topological polar surface area (TPSA) is 70.4 Å². The van der Waals surface area contributed by atoms with Crippen molar-refractivity contribution in [1.82, 2.24) is 20.0 Å². The molecule has 6 nitrogen and oxygen atoms in total. The van der Waals surface area contributed by atoms with Crippen LogP contribution in [0.1, 0.15) is 51.6 Å². The van der Waals surface area contributed by atoms with Crippen LogP contribution in [0, 0.1) is 13.8 Å². The number of piperidine rings is 1. The van der Waals surface area contributed by atoms with Crippen LogP contribution in [0.15, 0.2) is 24.3 Å². The maximum atomic E-state index is 13.2. The van der Waals surface area contributed by atoms with E-state index >= 15 is 0 Å². The summed E-state index contributed by atoms with van der Waals surface area (Å²) in [6, 6.07) is 7.97. The van der Waals surface area contributed by atoms with Gasteiger partial charge in [-0.2, -0.15) is 5.10 Å². The Bertz CT molecular complexity index is 793. The lowest BCUT2D eigenvalue weighted by atomic mass is 9.90. The zero-order valence-electron chi connectivity index (χ0n) is 16.5. The Hall–Kier alpha value is -2.18. The number of amides is 1. The van der Waals surface area contributed by atoms with Crippen LogP contribution in [-0.4, -0.2) is 51.9 Å². The molecule has 27 heavy (non-hydrogen) atoms. The number of carbonyl (C=O) groups excluding carboxylic acids is 1. The number of hydrogen-bond acceptors (Lipinski definition) is 4. The number of hydrogen-bond donors (Lipinski definition) is 2. The van der Waals surface area contributed by atoms with E-state index in [1.165, 1.54) is 12.0 Å². The van der Waals surface area contributed by atoms with Crippen LogP contribution in [0.3, 0.4) is 0 Å². The second-order valence-corrected chi connectivity index (χ2v) is 7.39. The number of carbonyl (C=O) groups is 1. The Morgan fingerprint density at radius 3 is 2.85 bits per heavy atom. The summed E-state index contributed by atoms with van der Waals surface area (Å²) in [5, 5.41) is 17.4. The third kappa shape index (κ3) is 4.39. The van der Waals surface area contributed by atoms with Crippen LogP contribution in [0.2, 0.25) is 0 Å². The van der Waals surface area contributed by atoms with Crippen molar-refractivity contribution < 1.29 is 9.90 Å². The zero-order valence-corrected chi connectivity index (χ0v) is 16.5. The minimum absolute atomic E-state index is 0.0441. The van der Waals surface area contributed by atoms with E-state index in [4.69, 9.17) is 0 Å². The molecule has 6 heteroatoms. The highest BCUT2D eigenvalue weighted by molar-refractivity contribution is 5.94. The molecule has 146 valence electrons. The molecule has 0 aliphatic carbocycles. The predicted molar refractivity (Wildman–Crippen MR) is 106 cm³/mol. The van der Waals surface area contributed by atoms with Crippen molar-refractivity contribution in [3.8, 4) is 0 Å². The summed E-state index contributed by atoms with van der Waals surface area (Å²) in [5.41, 5.74) is 4.92. The lowest BCUT2D eigenvalue weighted by Gasteiger charge is -2.25. The van der Waals surface area contributed by atoms with Gasteiger partial charge in [-0.3, -0.25) is 9.48 Å². The summed E-state index contributed by atoms with van der Waals surface area (Å²) in [6.07, 6.45) is 2.32. The fourth-order valence-electron chi connectivity index (χ4n) is 3.85. The molecule has 1 saturated heterocycles. The van der Waals surface area contributed by atoms with E-state index in [2.05, 4.69) is 16.5 Å². The van der Waals surface area contributed by atoms with Crippen molar-refractivity contribution in [1.29, 1.82) is 0 Å². The lowest BCUT2D eigenvalue weighted by molar-refractivity contribution is 0.0707. The summed E-state index contributed by atoms with van der Waals surface area (Å²) in [7, 11) is 1.91. The highest BCUT2D eigenvalue weighted by atomic mass is 16.3. The molecule has 1 aromatic heterocycles. The molecule has 1 atom stereocenters. The number of aliphatic hydroxyl groups is 1. The molecular weight excluding hydrogens is 340 g/mol. The van der Waals surface area contributed by atoms with E-state index < -0.39 is 0 Å². The van der Waals surface area contributed by atoms with Gasteiger partial charge in [0.25, 0.3) is 5.91 Å². The minimum atomic E-state index is -0.0592. The summed E-state index contributed by atoms with van der Waals surface area (Å²) in [6.45, 7) is 6.71. The maximum Gasteiger partial charge on any atom is 0.254 e. The van der Waals surface area contributed by atoms with E-state index in [1.807, 2.05) is 43.8 Å². The number of nitrogens with zero attached hydrogens (tertiary/aromatic N) is 3. The molecule has 1 amide bonds. The van der Waals surface area contributed by atoms with Gasteiger partial charge in [0.15, 0.2) is 0 Å². The summed E-state index contributed by atoms with van der Waals surface area (Å²) >= 11 is 0. The summed E-state index contributed by atoms with van der Waals surface area (Å²) in [4.78, 5) is 14.9. The Morgan fingerprint density at radius 2 is 2.22 bits per heavy atom. The number of rotatable bonds is 6. The van der Waals surface area contributed by atoms with E-state index in [9.17, 15) is 9.90 Å². The normalized spacial score (nSPS) is 17.1. The van der Waals surface area contributed by atoms with Crippen LogP contribution in [0.25, 0.3) is 0 Å². The largest absolute Gasteiger partial charge is 0.395 e. The quantitative estimate of drug-likeness (QED) is 0.817. The van der Waals surface area contributed by atoms with Gasteiger partial charge in [-0.25, -0.2) is 0 Å². The number of aryl methyl sites for hydroxylation is 2. The molecule has 0 saturated carbocycles. The third-order valence-electron chi connectivity index (χ3n) is 5.57. The Morgan fingerprint density at radius 1 is 1.41 bits per heavy atom. The van der Waals surface area contributed by atoms with Crippen molar-refractivity contribution in [3.05, 3.63) is 52.3 Å². The van der Waals surface area contributed by atoms with Crippen molar-refractivity contribution in [2.24, 2.45) is 7.05 Å². The first-order chi connectivity index (χ1) is 13.0. The van der Waals surface area contributed by atoms with Gasteiger partial charge in [0, 0.05) is 43.5 Å². The smallest absolute Gasteiger partial charge is 0.254 e. The van der Waals surface area contributed by atoms with Gasteiger partial charge in [0.2, 0.25) is 0 Å². The molecule has 1 aromatic carbocycles. The van der Waals surface area contributed by atoms with Crippen molar-refractivity contribution in [2.45, 2.75) is 39.2 Å². The van der Waals surface area contributed by atoms with E-state index in [-0.39, 0.29) is 12.5 Å². The average molecular weight is 370 g/mol. The predicted octanol–water partition coefficient (Wildman–Crippen LogP) is 2.14. The molecule has 1 unspecified atom stereocenters. The fourth-order valence-corrected chi connectivity index (χ4v) is 3.85. The van der Waals surface area contributed by atoms with Gasteiger partial charge in [-0.05, 0) is 56.8 Å². The minimum Gasteiger partial charge on any atom is -0.395 e. The molecule has 1 aliphatic heterocycles. The third-order valence-corrected chi connectivity index (χ3v) is 5.57. The van der Waals surface area contributed by atoms with Crippen molar-refractivity contribution >= 4 is 5.91 Å².